The van der Waals surface area contributed by atoms with Gasteiger partial charge >= 0.3 is 5.97 Å². The smallest absolute Gasteiger partial charge is 0.327 e. The molecule has 2 rings (SSSR count). The molecular weight excluding hydrogens is 326 g/mol. The van der Waals surface area contributed by atoms with E-state index in [0.717, 1.165) is 10.2 Å². The van der Waals surface area contributed by atoms with E-state index in [1.807, 2.05) is 24.3 Å². The van der Waals surface area contributed by atoms with Crippen LogP contribution in [0.4, 0.5) is 0 Å². The fraction of sp³-hybridized carbons (Fsp3) is 0.308. The standard InChI is InChI=1S/C13H14BrN3O3/c1-2-19-13(18)8-17-7-11(15-16-17)9-20-12-5-3-4-10(14)6-12/h3-7H,2,8-9H2,1H3. The molecule has 0 radical (unpaired) electrons. The fourth-order valence-electron chi connectivity index (χ4n) is 1.53. The Hall–Kier alpha value is -1.89. The predicted molar refractivity (Wildman–Crippen MR) is 75.1 cm³/mol. The van der Waals surface area contributed by atoms with E-state index in [-0.39, 0.29) is 12.5 Å². The van der Waals surface area contributed by atoms with Gasteiger partial charge in [-0.05, 0) is 25.1 Å². The lowest BCUT2D eigenvalue weighted by Gasteiger charge is -2.03. The van der Waals surface area contributed by atoms with Crippen molar-refractivity contribution in [3.63, 3.8) is 0 Å². The molecule has 0 N–H and O–H groups in total. The van der Waals surface area contributed by atoms with Gasteiger partial charge in [0.15, 0.2) is 0 Å². The van der Waals surface area contributed by atoms with Crippen molar-refractivity contribution in [1.29, 1.82) is 0 Å². The summed E-state index contributed by atoms with van der Waals surface area (Å²) in [5, 5.41) is 7.78. The summed E-state index contributed by atoms with van der Waals surface area (Å²) in [6, 6.07) is 7.52. The highest BCUT2D eigenvalue weighted by Crippen LogP contribution is 2.18. The van der Waals surface area contributed by atoms with Gasteiger partial charge in [-0.1, -0.05) is 27.2 Å². The summed E-state index contributed by atoms with van der Waals surface area (Å²) >= 11 is 3.37. The minimum atomic E-state index is -0.336. The average molecular weight is 340 g/mol. The predicted octanol–water partition coefficient (Wildman–Crippen LogP) is 2.18. The maximum atomic E-state index is 11.3. The molecule has 1 heterocycles. The lowest BCUT2D eigenvalue weighted by Crippen LogP contribution is -2.13. The van der Waals surface area contributed by atoms with Gasteiger partial charge < -0.3 is 9.47 Å². The Labute approximate surface area is 124 Å². The highest BCUT2D eigenvalue weighted by Gasteiger charge is 2.07. The molecule has 0 bridgehead atoms. The molecule has 0 aliphatic heterocycles. The lowest BCUT2D eigenvalue weighted by atomic mass is 10.3. The molecule has 1 aromatic heterocycles. The number of hydrogen-bond donors (Lipinski definition) is 0. The molecule has 0 aliphatic carbocycles. The molecule has 20 heavy (non-hydrogen) atoms. The fourth-order valence-corrected chi connectivity index (χ4v) is 1.91. The van der Waals surface area contributed by atoms with Crippen LogP contribution in [0.2, 0.25) is 0 Å². The van der Waals surface area contributed by atoms with Crippen molar-refractivity contribution in [2.75, 3.05) is 6.61 Å². The normalized spacial score (nSPS) is 10.3. The van der Waals surface area contributed by atoms with Gasteiger partial charge in [0.05, 0.1) is 12.8 Å². The van der Waals surface area contributed by atoms with Gasteiger partial charge in [-0.3, -0.25) is 4.79 Å². The molecule has 0 saturated carbocycles. The van der Waals surface area contributed by atoms with Gasteiger partial charge in [0.1, 0.15) is 24.6 Å². The Morgan fingerprint density at radius 3 is 3.05 bits per heavy atom. The van der Waals surface area contributed by atoms with Gasteiger partial charge in [-0.2, -0.15) is 0 Å². The maximum Gasteiger partial charge on any atom is 0.327 e. The Bertz CT molecular complexity index is 586. The Balaban J connectivity index is 1.88. The minimum absolute atomic E-state index is 0.0533. The van der Waals surface area contributed by atoms with Crippen LogP contribution in [0, 0.1) is 0 Å². The molecule has 0 atom stereocenters. The summed E-state index contributed by atoms with van der Waals surface area (Å²) in [6.07, 6.45) is 1.66. The number of hydrogen-bond acceptors (Lipinski definition) is 5. The topological polar surface area (TPSA) is 66.2 Å². The Morgan fingerprint density at radius 1 is 1.45 bits per heavy atom. The van der Waals surface area contributed by atoms with Crippen molar-refractivity contribution in [3.8, 4) is 5.75 Å². The van der Waals surface area contributed by atoms with E-state index in [1.54, 1.807) is 13.1 Å². The summed E-state index contributed by atoms with van der Waals surface area (Å²) in [6.45, 7) is 2.46. The van der Waals surface area contributed by atoms with E-state index >= 15 is 0 Å². The molecule has 7 heteroatoms. The zero-order valence-corrected chi connectivity index (χ0v) is 12.5. The number of halogens is 1. The molecule has 1 aromatic carbocycles. The highest BCUT2D eigenvalue weighted by molar-refractivity contribution is 9.10. The largest absolute Gasteiger partial charge is 0.487 e. The van der Waals surface area contributed by atoms with E-state index in [2.05, 4.69) is 26.2 Å². The summed E-state index contributed by atoms with van der Waals surface area (Å²) in [4.78, 5) is 11.3. The minimum Gasteiger partial charge on any atom is -0.487 e. The second kappa shape index (κ2) is 7.04. The Kier molecular flexibility index (Phi) is 5.11. The third-order valence-corrected chi connectivity index (χ3v) is 2.86. The molecule has 6 nitrogen and oxygen atoms in total. The molecule has 2 aromatic rings. The van der Waals surface area contributed by atoms with Crippen molar-refractivity contribution in [2.45, 2.75) is 20.1 Å². The molecule has 0 fully saturated rings. The Morgan fingerprint density at radius 2 is 2.30 bits per heavy atom. The third-order valence-electron chi connectivity index (χ3n) is 2.37. The number of esters is 1. The van der Waals surface area contributed by atoms with Gasteiger partial charge in [0.25, 0.3) is 0 Å². The quantitative estimate of drug-likeness (QED) is 0.754. The van der Waals surface area contributed by atoms with Crippen molar-refractivity contribution >= 4 is 21.9 Å². The molecule has 0 spiro atoms. The zero-order chi connectivity index (χ0) is 14.4. The van der Waals surface area contributed by atoms with Gasteiger partial charge in [0, 0.05) is 4.47 Å². The molecule has 0 saturated heterocycles. The molecule has 106 valence electrons. The van der Waals surface area contributed by atoms with Gasteiger partial charge in [0.2, 0.25) is 0 Å². The number of benzene rings is 1. The zero-order valence-electron chi connectivity index (χ0n) is 11.0. The van der Waals surface area contributed by atoms with Crippen LogP contribution in [-0.4, -0.2) is 27.6 Å². The number of ether oxygens (including phenoxy) is 2. The first-order chi connectivity index (χ1) is 9.67. The van der Waals surface area contributed by atoms with Gasteiger partial charge in [-0.15, -0.1) is 5.10 Å². The number of carbonyl (C=O) groups is 1. The van der Waals surface area contributed by atoms with Crippen LogP contribution in [0.3, 0.4) is 0 Å². The summed E-state index contributed by atoms with van der Waals surface area (Å²) < 4.78 is 12.8. The van der Waals surface area contributed by atoms with E-state index in [9.17, 15) is 4.79 Å². The lowest BCUT2D eigenvalue weighted by molar-refractivity contribution is -0.144. The van der Waals surface area contributed by atoms with Crippen molar-refractivity contribution in [2.24, 2.45) is 0 Å². The van der Waals surface area contributed by atoms with Crippen LogP contribution in [0.5, 0.6) is 5.75 Å². The number of aromatic nitrogens is 3. The van der Waals surface area contributed by atoms with E-state index in [4.69, 9.17) is 9.47 Å². The van der Waals surface area contributed by atoms with Gasteiger partial charge in [-0.25, -0.2) is 4.68 Å². The average Bonchev–Trinajstić information content (AvgIpc) is 2.84. The van der Waals surface area contributed by atoms with Crippen LogP contribution in [0.1, 0.15) is 12.6 Å². The van der Waals surface area contributed by atoms with Crippen LogP contribution < -0.4 is 4.74 Å². The van der Waals surface area contributed by atoms with Crippen LogP contribution in [0.25, 0.3) is 0 Å². The SMILES string of the molecule is CCOC(=O)Cn1cc(COc2cccc(Br)c2)nn1. The monoisotopic (exact) mass is 339 g/mol. The maximum absolute atomic E-state index is 11.3. The summed E-state index contributed by atoms with van der Waals surface area (Å²) in [7, 11) is 0. The number of carbonyl (C=O) groups excluding carboxylic acids is 1. The van der Waals surface area contributed by atoms with Crippen LogP contribution >= 0.6 is 15.9 Å². The first kappa shape index (κ1) is 14.5. The van der Waals surface area contributed by atoms with Crippen molar-refractivity contribution < 1.29 is 14.3 Å². The first-order valence-corrected chi connectivity index (χ1v) is 6.89. The molecule has 0 unspecified atom stereocenters. The van der Waals surface area contributed by atoms with E-state index < -0.39 is 0 Å². The molecule has 0 aliphatic rings. The molecular formula is C13H14BrN3O3. The first-order valence-electron chi connectivity index (χ1n) is 6.10. The second-order valence-electron chi connectivity index (χ2n) is 3.96. The van der Waals surface area contributed by atoms with Crippen LogP contribution in [0.15, 0.2) is 34.9 Å². The van der Waals surface area contributed by atoms with Crippen LogP contribution in [-0.2, 0) is 22.7 Å². The third kappa shape index (κ3) is 4.34. The molecule has 0 amide bonds. The summed E-state index contributed by atoms with van der Waals surface area (Å²) in [5.74, 6) is 0.399. The van der Waals surface area contributed by atoms with E-state index in [1.165, 1.54) is 4.68 Å². The highest BCUT2D eigenvalue weighted by atomic mass is 79.9. The number of rotatable bonds is 6. The van der Waals surface area contributed by atoms with E-state index in [0.29, 0.717) is 18.9 Å². The summed E-state index contributed by atoms with van der Waals surface area (Å²) in [5.41, 5.74) is 0.647. The van der Waals surface area contributed by atoms with Crippen molar-refractivity contribution in [3.05, 3.63) is 40.6 Å². The second-order valence-corrected chi connectivity index (χ2v) is 4.87. The van der Waals surface area contributed by atoms with Crippen molar-refractivity contribution in [1.82, 2.24) is 15.0 Å². The number of nitrogens with zero attached hydrogens (tertiary/aromatic N) is 3.